The summed E-state index contributed by atoms with van der Waals surface area (Å²) < 4.78 is 31.5. The van der Waals surface area contributed by atoms with E-state index in [0.29, 0.717) is 5.39 Å². The number of hydrogen-bond acceptors (Lipinski definition) is 4. The topological polar surface area (TPSA) is 83.8 Å². The number of carbonyl (C=O) groups excluding carboxylic acids is 1. The zero-order chi connectivity index (χ0) is 12.5. The zero-order valence-electron chi connectivity index (χ0n) is 8.49. The van der Waals surface area contributed by atoms with Crippen LogP contribution in [0.3, 0.4) is 0 Å². The molecule has 0 unspecified atom stereocenters. The summed E-state index contributed by atoms with van der Waals surface area (Å²) >= 11 is 0. The largest absolute Gasteiger partial charge is 0.295 e. The number of isocyanates is 1. The molecule has 0 fully saturated rings. The van der Waals surface area contributed by atoms with E-state index in [9.17, 15) is 13.2 Å². The fourth-order valence-electron chi connectivity index (χ4n) is 1.64. The van der Waals surface area contributed by atoms with E-state index in [0.717, 1.165) is 0 Å². The molecule has 2 rings (SSSR count). The Morgan fingerprint density at radius 2 is 1.76 bits per heavy atom. The number of fused-ring (bicyclic) bond motifs is 1. The van der Waals surface area contributed by atoms with E-state index < -0.39 is 10.1 Å². The van der Waals surface area contributed by atoms with Gasteiger partial charge in [0.15, 0.2) is 0 Å². The summed E-state index contributed by atoms with van der Waals surface area (Å²) in [5.74, 6) is 0. The molecule has 17 heavy (non-hydrogen) atoms. The van der Waals surface area contributed by atoms with E-state index in [1.165, 1.54) is 24.3 Å². The average Bonchev–Trinajstić information content (AvgIpc) is 2.28. The first-order valence-electron chi connectivity index (χ1n) is 4.61. The van der Waals surface area contributed by atoms with E-state index in [1.54, 1.807) is 18.2 Å². The van der Waals surface area contributed by atoms with E-state index in [-0.39, 0.29) is 16.0 Å². The predicted octanol–water partition coefficient (Wildman–Crippen LogP) is 2.05. The molecule has 0 aliphatic rings. The average molecular weight is 249 g/mol. The summed E-state index contributed by atoms with van der Waals surface area (Å²) in [5, 5.41) is 0.775. The van der Waals surface area contributed by atoms with Gasteiger partial charge >= 0.3 is 0 Å². The first-order chi connectivity index (χ1) is 8.04. The van der Waals surface area contributed by atoms with Crippen molar-refractivity contribution in [2.45, 2.75) is 4.90 Å². The predicted molar refractivity (Wildman–Crippen MR) is 61.5 cm³/mol. The highest BCUT2D eigenvalue weighted by Gasteiger charge is 2.15. The molecule has 0 atom stereocenters. The molecule has 0 aliphatic carbocycles. The van der Waals surface area contributed by atoms with Gasteiger partial charge in [0.1, 0.15) is 4.90 Å². The molecule has 0 aromatic heterocycles. The van der Waals surface area contributed by atoms with Gasteiger partial charge in [0, 0.05) is 5.39 Å². The number of benzene rings is 2. The van der Waals surface area contributed by atoms with Gasteiger partial charge in [-0.15, -0.1) is 0 Å². The lowest BCUT2D eigenvalue weighted by atomic mass is 10.1. The standard InChI is InChI=1S/C11H7NO4S/c13-7-12-9-5-1-3-8-4-2-6-10(11(8)9)17(14,15)16/h1-6H,(H,14,15,16). The molecule has 0 amide bonds. The van der Waals surface area contributed by atoms with Crippen LogP contribution in [0.15, 0.2) is 46.3 Å². The highest BCUT2D eigenvalue weighted by molar-refractivity contribution is 7.86. The Morgan fingerprint density at radius 1 is 1.12 bits per heavy atom. The summed E-state index contributed by atoms with van der Waals surface area (Å²) in [5.41, 5.74) is 0.158. The second-order valence-corrected chi connectivity index (χ2v) is 4.70. The smallest absolute Gasteiger partial charge is 0.282 e. The van der Waals surface area contributed by atoms with Crippen LogP contribution < -0.4 is 0 Å². The van der Waals surface area contributed by atoms with Crippen molar-refractivity contribution in [3.05, 3.63) is 36.4 Å². The summed E-state index contributed by atoms with van der Waals surface area (Å²) in [7, 11) is -4.36. The van der Waals surface area contributed by atoms with Crippen LogP contribution in [0, 0.1) is 0 Å². The molecule has 0 bridgehead atoms. The molecule has 0 radical (unpaired) electrons. The van der Waals surface area contributed by atoms with Crippen LogP contribution in [-0.2, 0) is 14.9 Å². The molecular formula is C11H7NO4S. The first-order valence-corrected chi connectivity index (χ1v) is 6.05. The summed E-state index contributed by atoms with van der Waals surface area (Å²) in [6.07, 6.45) is 1.35. The Hall–Kier alpha value is -2.01. The molecule has 0 aliphatic heterocycles. The van der Waals surface area contributed by atoms with Crippen molar-refractivity contribution in [3.63, 3.8) is 0 Å². The zero-order valence-corrected chi connectivity index (χ0v) is 9.31. The van der Waals surface area contributed by atoms with Crippen molar-refractivity contribution in [2.75, 3.05) is 0 Å². The third-order valence-corrected chi connectivity index (χ3v) is 3.18. The quantitative estimate of drug-likeness (QED) is 0.501. The Bertz CT molecular complexity index is 725. The van der Waals surface area contributed by atoms with Crippen LogP contribution >= 0.6 is 0 Å². The highest BCUT2D eigenvalue weighted by atomic mass is 32.2. The van der Waals surface area contributed by atoms with Gasteiger partial charge in [0.05, 0.1) is 5.69 Å². The van der Waals surface area contributed by atoms with Gasteiger partial charge in [-0.2, -0.15) is 13.4 Å². The Balaban J connectivity index is 3.00. The van der Waals surface area contributed by atoms with Crippen LogP contribution in [0.2, 0.25) is 0 Å². The van der Waals surface area contributed by atoms with Gasteiger partial charge < -0.3 is 0 Å². The molecule has 1 N–H and O–H groups in total. The van der Waals surface area contributed by atoms with E-state index in [1.807, 2.05) is 0 Å². The maximum Gasteiger partial charge on any atom is 0.295 e. The summed E-state index contributed by atoms with van der Waals surface area (Å²) in [6.45, 7) is 0. The minimum Gasteiger partial charge on any atom is -0.282 e. The van der Waals surface area contributed by atoms with Gasteiger partial charge in [-0.1, -0.05) is 24.3 Å². The molecule has 0 saturated carbocycles. The molecular weight excluding hydrogens is 242 g/mol. The van der Waals surface area contributed by atoms with E-state index >= 15 is 0 Å². The number of nitrogens with zero attached hydrogens (tertiary/aromatic N) is 1. The van der Waals surface area contributed by atoms with Crippen LogP contribution in [0.1, 0.15) is 0 Å². The molecule has 0 spiro atoms. The van der Waals surface area contributed by atoms with Crippen LogP contribution in [0.4, 0.5) is 5.69 Å². The highest BCUT2D eigenvalue weighted by Crippen LogP contribution is 2.31. The molecule has 2 aromatic carbocycles. The Kier molecular flexibility index (Phi) is 2.77. The van der Waals surface area contributed by atoms with E-state index in [4.69, 9.17) is 4.55 Å². The lowest BCUT2D eigenvalue weighted by Gasteiger charge is -2.05. The fourth-order valence-corrected chi connectivity index (χ4v) is 2.38. The van der Waals surface area contributed by atoms with Crippen molar-refractivity contribution < 1.29 is 17.8 Å². The number of rotatable bonds is 2. The van der Waals surface area contributed by atoms with Crippen LogP contribution in [0.25, 0.3) is 10.8 Å². The molecule has 0 saturated heterocycles. The van der Waals surface area contributed by atoms with E-state index in [2.05, 4.69) is 4.99 Å². The molecule has 0 heterocycles. The first kappa shape index (κ1) is 11.5. The third-order valence-electron chi connectivity index (χ3n) is 2.29. The molecule has 2 aromatic rings. The monoisotopic (exact) mass is 249 g/mol. The van der Waals surface area contributed by atoms with Gasteiger partial charge in [-0.05, 0) is 17.5 Å². The maximum atomic E-state index is 11.2. The summed E-state index contributed by atoms with van der Waals surface area (Å²) in [4.78, 5) is 13.4. The minimum absolute atomic E-state index is 0.158. The second kappa shape index (κ2) is 4.10. The molecule has 5 nitrogen and oxygen atoms in total. The van der Waals surface area contributed by atoms with Crippen molar-refractivity contribution in [3.8, 4) is 0 Å². The van der Waals surface area contributed by atoms with Crippen molar-refractivity contribution in [1.29, 1.82) is 0 Å². The normalized spacial score (nSPS) is 11.1. The molecule has 6 heteroatoms. The number of aliphatic imine (C=N–C) groups is 1. The minimum atomic E-state index is -4.36. The Morgan fingerprint density at radius 3 is 2.35 bits per heavy atom. The van der Waals surface area contributed by atoms with Crippen molar-refractivity contribution >= 4 is 32.7 Å². The lowest BCUT2D eigenvalue weighted by Crippen LogP contribution is -1.98. The van der Waals surface area contributed by atoms with Gasteiger partial charge in [-0.25, -0.2) is 4.79 Å². The van der Waals surface area contributed by atoms with Gasteiger partial charge in [0.25, 0.3) is 10.1 Å². The van der Waals surface area contributed by atoms with Gasteiger partial charge in [0.2, 0.25) is 6.08 Å². The van der Waals surface area contributed by atoms with Crippen molar-refractivity contribution in [1.82, 2.24) is 0 Å². The lowest BCUT2D eigenvalue weighted by molar-refractivity contribution is 0.484. The maximum absolute atomic E-state index is 11.2. The third kappa shape index (κ3) is 2.09. The molecule has 86 valence electrons. The second-order valence-electron chi connectivity index (χ2n) is 3.31. The SMILES string of the molecule is O=C=Nc1cccc2cccc(S(=O)(=O)O)c12. The van der Waals surface area contributed by atoms with Crippen molar-refractivity contribution in [2.24, 2.45) is 4.99 Å². The summed E-state index contributed by atoms with van der Waals surface area (Å²) in [6, 6.07) is 9.18. The Labute approximate surface area is 97.2 Å². The van der Waals surface area contributed by atoms with Crippen LogP contribution in [0.5, 0.6) is 0 Å². The van der Waals surface area contributed by atoms with Crippen LogP contribution in [-0.4, -0.2) is 19.1 Å². The fraction of sp³-hybridized carbons (Fsp3) is 0. The number of hydrogen-bond donors (Lipinski definition) is 1. The van der Waals surface area contributed by atoms with Gasteiger partial charge in [-0.3, -0.25) is 4.55 Å².